The van der Waals surface area contributed by atoms with Gasteiger partial charge in [0.2, 0.25) is 0 Å². The van der Waals surface area contributed by atoms with Gasteiger partial charge in [0.15, 0.2) is 4.96 Å². The quantitative estimate of drug-likeness (QED) is 0.898. The Morgan fingerprint density at radius 2 is 2.35 bits per heavy atom. The third-order valence-electron chi connectivity index (χ3n) is 3.34. The molecule has 20 heavy (non-hydrogen) atoms. The average molecular weight is 293 g/mol. The van der Waals surface area contributed by atoms with Crippen LogP contribution in [-0.2, 0) is 0 Å². The van der Waals surface area contributed by atoms with Crippen molar-refractivity contribution in [1.82, 2.24) is 14.3 Å². The Morgan fingerprint density at radius 1 is 1.60 bits per heavy atom. The number of rotatable bonds is 4. The number of carbonyl (C=O) groups excluding carboxylic acids is 1. The van der Waals surface area contributed by atoms with Gasteiger partial charge in [-0.2, -0.15) is 0 Å². The van der Waals surface area contributed by atoms with Gasteiger partial charge in [0, 0.05) is 29.9 Å². The molecule has 106 valence electrons. The van der Waals surface area contributed by atoms with E-state index in [1.54, 1.807) is 11.1 Å². The first-order valence-electron chi connectivity index (χ1n) is 6.51. The number of hydrogen-bond donors (Lipinski definition) is 1. The summed E-state index contributed by atoms with van der Waals surface area (Å²) in [5.41, 5.74) is -0.270. The minimum absolute atomic E-state index is 0.0700. The highest BCUT2D eigenvalue weighted by Gasteiger charge is 2.33. The van der Waals surface area contributed by atoms with Gasteiger partial charge in [0.25, 0.3) is 11.5 Å². The Kier molecular flexibility index (Phi) is 3.31. The molecule has 1 aliphatic rings. The van der Waals surface area contributed by atoms with Crippen LogP contribution in [0.15, 0.2) is 17.2 Å². The van der Waals surface area contributed by atoms with Crippen molar-refractivity contribution in [1.29, 1.82) is 0 Å². The van der Waals surface area contributed by atoms with Crippen LogP contribution in [0, 0.1) is 6.92 Å². The number of carbonyl (C=O) groups is 1. The van der Waals surface area contributed by atoms with E-state index in [2.05, 4.69) is 4.98 Å². The lowest BCUT2D eigenvalue weighted by atomic mass is 10.2. The fourth-order valence-electron chi connectivity index (χ4n) is 2.24. The molecule has 1 N–H and O–H groups in total. The zero-order chi connectivity index (χ0) is 14.3. The van der Waals surface area contributed by atoms with Crippen molar-refractivity contribution in [2.75, 3.05) is 13.2 Å². The highest BCUT2D eigenvalue weighted by Crippen LogP contribution is 2.27. The minimum Gasteiger partial charge on any atom is -0.395 e. The second-order valence-corrected chi connectivity index (χ2v) is 6.14. The molecule has 0 bridgehead atoms. The molecule has 2 heterocycles. The van der Waals surface area contributed by atoms with Gasteiger partial charge in [-0.1, -0.05) is 0 Å². The van der Waals surface area contributed by atoms with Crippen LogP contribution in [-0.4, -0.2) is 44.5 Å². The average Bonchev–Trinajstić information content (AvgIpc) is 3.18. The molecular formula is C13H15N3O3S. The van der Waals surface area contributed by atoms with E-state index in [1.165, 1.54) is 21.9 Å². The maximum Gasteiger partial charge on any atom is 0.271 e. The number of hydrogen-bond acceptors (Lipinski definition) is 5. The summed E-state index contributed by atoms with van der Waals surface area (Å²) < 4.78 is 1.41. The summed E-state index contributed by atoms with van der Waals surface area (Å²) in [6.45, 7) is 2.05. The number of aromatic nitrogens is 2. The highest BCUT2D eigenvalue weighted by molar-refractivity contribution is 7.16. The molecule has 1 amide bonds. The standard InChI is InChI=1S/C13H15N3O3S/c1-8-7-16-12(19)10(6-14-13(16)20-8)11(18)15(4-5-17)9-2-3-9/h6-7,9,17H,2-5H2,1H3. The van der Waals surface area contributed by atoms with E-state index < -0.39 is 0 Å². The van der Waals surface area contributed by atoms with Gasteiger partial charge in [0.1, 0.15) is 5.56 Å². The van der Waals surface area contributed by atoms with Crippen molar-refractivity contribution in [2.24, 2.45) is 0 Å². The summed E-state index contributed by atoms with van der Waals surface area (Å²) >= 11 is 1.41. The van der Waals surface area contributed by atoms with Crippen molar-refractivity contribution in [3.63, 3.8) is 0 Å². The molecule has 2 aromatic rings. The van der Waals surface area contributed by atoms with Gasteiger partial charge in [-0.25, -0.2) is 4.98 Å². The molecular weight excluding hydrogens is 278 g/mol. The van der Waals surface area contributed by atoms with Gasteiger partial charge in [-0.15, -0.1) is 11.3 Å². The third-order valence-corrected chi connectivity index (χ3v) is 4.25. The summed E-state index contributed by atoms with van der Waals surface area (Å²) in [5.74, 6) is -0.336. The smallest absolute Gasteiger partial charge is 0.271 e. The molecule has 0 radical (unpaired) electrons. The van der Waals surface area contributed by atoms with Gasteiger partial charge >= 0.3 is 0 Å². The highest BCUT2D eigenvalue weighted by atomic mass is 32.1. The van der Waals surface area contributed by atoms with Gasteiger partial charge < -0.3 is 10.0 Å². The predicted molar refractivity (Wildman–Crippen MR) is 75.2 cm³/mol. The maximum absolute atomic E-state index is 12.5. The Hall–Kier alpha value is -1.73. The molecule has 7 heteroatoms. The Morgan fingerprint density at radius 3 is 3.00 bits per heavy atom. The molecule has 0 aromatic carbocycles. The molecule has 0 aliphatic heterocycles. The van der Waals surface area contributed by atoms with E-state index in [0.717, 1.165) is 17.7 Å². The lowest BCUT2D eigenvalue weighted by Gasteiger charge is -2.20. The van der Waals surface area contributed by atoms with Gasteiger partial charge in [0.05, 0.1) is 6.61 Å². The summed E-state index contributed by atoms with van der Waals surface area (Å²) in [7, 11) is 0. The number of thiazole rings is 1. The molecule has 6 nitrogen and oxygen atoms in total. The van der Waals surface area contributed by atoms with E-state index in [4.69, 9.17) is 5.11 Å². The lowest BCUT2D eigenvalue weighted by molar-refractivity contribution is 0.0705. The van der Waals surface area contributed by atoms with Crippen LogP contribution in [0.2, 0.25) is 0 Å². The number of fused-ring (bicyclic) bond motifs is 1. The fourth-order valence-corrected chi connectivity index (χ4v) is 3.03. The van der Waals surface area contributed by atoms with Gasteiger partial charge in [-0.05, 0) is 19.8 Å². The Balaban J connectivity index is 2.02. The molecule has 1 saturated carbocycles. The number of aryl methyl sites for hydroxylation is 1. The van der Waals surface area contributed by atoms with Crippen LogP contribution in [0.4, 0.5) is 0 Å². The Bertz CT molecular complexity index is 717. The van der Waals surface area contributed by atoms with Crippen molar-refractivity contribution in [3.8, 4) is 0 Å². The molecule has 0 atom stereocenters. The molecule has 1 aliphatic carbocycles. The fraction of sp³-hybridized carbons (Fsp3) is 0.462. The van der Waals surface area contributed by atoms with Crippen LogP contribution in [0.25, 0.3) is 4.96 Å². The lowest BCUT2D eigenvalue weighted by Crippen LogP contribution is -2.39. The van der Waals surface area contributed by atoms with Gasteiger partial charge in [-0.3, -0.25) is 14.0 Å². The van der Waals surface area contributed by atoms with Crippen molar-refractivity contribution >= 4 is 22.2 Å². The number of amides is 1. The van der Waals surface area contributed by atoms with E-state index in [-0.39, 0.29) is 36.2 Å². The largest absolute Gasteiger partial charge is 0.395 e. The summed E-state index contributed by atoms with van der Waals surface area (Å²) in [6.07, 6.45) is 4.91. The van der Waals surface area contributed by atoms with E-state index in [0.29, 0.717) is 4.96 Å². The van der Waals surface area contributed by atoms with Crippen molar-refractivity contribution < 1.29 is 9.90 Å². The number of nitrogens with zero attached hydrogens (tertiary/aromatic N) is 3. The van der Waals surface area contributed by atoms with E-state index >= 15 is 0 Å². The Labute approximate surface area is 119 Å². The molecule has 0 spiro atoms. The first-order chi connectivity index (χ1) is 9.61. The SMILES string of the molecule is Cc1cn2c(=O)c(C(=O)N(CCO)C3CC3)cnc2s1. The number of aliphatic hydroxyl groups excluding tert-OH is 1. The summed E-state index contributed by atoms with van der Waals surface area (Å²) in [5, 5.41) is 9.06. The second kappa shape index (κ2) is 4.99. The van der Waals surface area contributed by atoms with E-state index in [9.17, 15) is 9.59 Å². The van der Waals surface area contributed by atoms with Crippen LogP contribution >= 0.6 is 11.3 Å². The third kappa shape index (κ3) is 2.23. The molecule has 2 aromatic heterocycles. The normalized spacial score (nSPS) is 14.7. The van der Waals surface area contributed by atoms with Crippen LogP contribution in [0.5, 0.6) is 0 Å². The van der Waals surface area contributed by atoms with Crippen LogP contribution < -0.4 is 5.56 Å². The maximum atomic E-state index is 12.5. The van der Waals surface area contributed by atoms with Crippen molar-refractivity contribution in [2.45, 2.75) is 25.8 Å². The van der Waals surface area contributed by atoms with Crippen LogP contribution in [0.1, 0.15) is 28.1 Å². The topological polar surface area (TPSA) is 74.9 Å². The molecule has 0 unspecified atom stereocenters. The zero-order valence-electron chi connectivity index (χ0n) is 11.1. The first-order valence-corrected chi connectivity index (χ1v) is 7.33. The minimum atomic E-state index is -0.340. The zero-order valence-corrected chi connectivity index (χ0v) is 11.9. The second-order valence-electron chi connectivity index (χ2n) is 4.92. The molecule has 3 rings (SSSR count). The monoisotopic (exact) mass is 293 g/mol. The van der Waals surface area contributed by atoms with E-state index in [1.807, 2.05) is 6.92 Å². The molecule has 1 fully saturated rings. The first kappa shape index (κ1) is 13.3. The number of aliphatic hydroxyl groups is 1. The predicted octanol–water partition coefficient (Wildman–Crippen LogP) is 0.661. The van der Waals surface area contributed by atoms with Crippen molar-refractivity contribution in [3.05, 3.63) is 33.2 Å². The van der Waals surface area contributed by atoms with Crippen LogP contribution in [0.3, 0.4) is 0 Å². The molecule has 0 saturated heterocycles. The summed E-state index contributed by atoms with van der Waals surface area (Å²) in [6, 6.07) is 0.152. The summed E-state index contributed by atoms with van der Waals surface area (Å²) in [4.78, 5) is 32.1.